The summed E-state index contributed by atoms with van der Waals surface area (Å²) < 4.78 is 8.79. The Labute approximate surface area is 229 Å². The zero-order chi connectivity index (χ0) is 27.0. The van der Waals surface area contributed by atoms with Crippen LogP contribution in [0.4, 0.5) is 0 Å². The lowest BCUT2D eigenvalue weighted by atomic mass is 9.84. The predicted octanol–water partition coefficient (Wildman–Crippen LogP) is 6.15. The fourth-order valence-corrected chi connectivity index (χ4v) is 5.31. The molecular formula is C29H26Cl2N4O3. The van der Waals surface area contributed by atoms with Gasteiger partial charge in [0.05, 0.1) is 45.1 Å². The van der Waals surface area contributed by atoms with Gasteiger partial charge in [-0.3, -0.25) is 19.8 Å². The van der Waals surface area contributed by atoms with Gasteiger partial charge in [-0.15, -0.1) is 0 Å². The van der Waals surface area contributed by atoms with Crippen molar-refractivity contribution in [3.05, 3.63) is 132 Å². The fraction of sp³-hybridized carbons (Fsp3) is 0.172. The standard InChI is InChI=1S/C29H26Cl2N4O3/c1-4-38-24-16-10-5-11-19(24)27(25-17(2)32-34(28(25)36)22-14-8-6-12-20(22)30)26-18(3)33-35(29(26)37)23-15-9-7-13-21(23)31/h5-16,27,32-33H,4H2,1-3H3. The molecule has 0 atom stereocenters. The Bertz CT molecular complexity index is 1640. The van der Waals surface area contributed by atoms with Crippen molar-refractivity contribution in [2.24, 2.45) is 0 Å². The van der Waals surface area contributed by atoms with E-state index < -0.39 is 5.92 Å². The molecule has 5 aromatic rings. The highest BCUT2D eigenvalue weighted by molar-refractivity contribution is 6.32. The van der Waals surface area contributed by atoms with Crippen LogP contribution in [0.5, 0.6) is 5.75 Å². The number of ether oxygens (including phenoxy) is 1. The van der Waals surface area contributed by atoms with E-state index in [1.807, 2.05) is 57.2 Å². The Balaban J connectivity index is 1.82. The van der Waals surface area contributed by atoms with Gasteiger partial charge in [-0.25, -0.2) is 9.36 Å². The van der Waals surface area contributed by atoms with E-state index in [2.05, 4.69) is 10.2 Å². The van der Waals surface area contributed by atoms with Gasteiger partial charge in [0.15, 0.2) is 0 Å². The van der Waals surface area contributed by atoms with Crippen LogP contribution >= 0.6 is 23.2 Å². The number of aromatic amines is 2. The van der Waals surface area contributed by atoms with Crippen molar-refractivity contribution in [2.45, 2.75) is 26.7 Å². The van der Waals surface area contributed by atoms with Crippen molar-refractivity contribution >= 4 is 23.2 Å². The van der Waals surface area contributed by atoms with Gasteiger partial charge in [0, 0.05) is 17.0 Å². The van der Waals surface area contributed by atoms with Crippen LogP contribution in [0.2, 0.25) is 10.0 Å². The molecule has 0 amide bonds. The first kappa shape index (κ1) is 25.7. The minimum Gasteiger partial charge on any atom is -0.494 e. The summed E-state index contributed by atoms with van der Waals surface area (Å²) in [6, 6.07) is 21.6. The maximum atomic E-state index is 14.0. The molecule has 0 fully saturated rings. The Morgan fingerprint density at radius 1 is 0.737 bits per heavy atom. The molecule has 0 radical (unpaired) electrons. The van der Waals surface area contributed by atoms with Crippen LogP contribution in [0.3, 0.4) is 0 Å². The van der Waals surface area contributed by atoms with E-state index in [1.165, 1.54) is 9.36 Å². The Hall–Kier alpha value is -3.94. The normalized spacial score (nSPS) is 11.3. The second-order valence-electron chi connectivity index (χ2n) is 8.89. The molecule has 0 saturated heterocycles. The molecule has 0 aliphatic carbocycles. The van der Waals surface area contributed by atoms with E-state index in [9.17, 15) is 9.59 Å². The van der Waals surface area contributed by atoms with E-state index in [1.54, 1.807) is 36.4 Å². The fourth-order valence-electron chi connectivity index (χ4n) is 4.87. The molecule has 194 valence electrons. The maximum Gasteiger partial charge on any atom is 0.275 e. The van der Waals surface area contributed by atoms with Crippen LogP contribution in [-0.2, 0) is 0 Å². The van der Waals surface area contributed by atoms with Crippen LogP contribution in [0.15, 0.2) is 82.4 Å². The van der Waals surface area contributed by atoms with Gasteiger partial charge in [0.25, 0.3) is 11.1 Å². The molecule has 0 bridgehead atoms. The lowest BCUT2D eigenvalue weighted by molar-refractivity contribution is 0.336. The van der Waals surface area contributed by atoms with Gasteiger partial charge in [0.2, 0.25) is 0 Å². The van der Waals surface area contributed by atoms with Crippen molar-refractivity contribution < 1.29 is 4.74 Å². The molecule has 0 aliphatic rings. The van der Waals surface area contributed by atoms with Crippen molar-refractivity contribution in [1.29, 1.82) is 0 Å². The molecule has 5 rings (SSSR count). The van der Waals surface area contributed by atoms with Crippen molar-refractivity contribution in [2.75, 3.05) is 6.61 Å². The van der Waals surface area contributed by atoms with E-state index in [-0.39, 0.29) is 11.1 Å². The van der Waals surface area contributed by atoms with E-state index >= 15 is 0 Å². The number of rotatable bonds is 7. The summed E-state index contributed by atoms with van der Waals surface area (Å²) in [7, 11) is 0. The lowest BCUT2D eigenvalue weighted by Crippen LogP contribution is -2.26. The summed E-state index contributed by atoms with van der Waals surface area (Å²) in [6.07, 6.45) is 0. The monoisotopic (exact) mass is 548 g/mol. The summed E-state index contributed by atoms with van der Waals surface area (Å²) >= 11 is 12.9. The minimum atomic E-state index is -0.738. The molecule has 38 heavy (non-hydrogen) atoms. The number of hydrogen-bond acceptors (Lipinski definition) is 3. The maximum absolute atomic E-state index is 14.0. The van der Waals surface area contributed by atoms with Crippen LogP contribution in [0.25, 0.3) is 11.4 Å². The summed E-state index contributed by atoms with van der Waals surface area (Å²) in [4.78, 5) is 28.1. The number of para-hydroxylation sites is 3. The number of nitrogens with zero attached hydrogens (tertiary/aromatic N) is 2. The minimum absolute atomic E-state index is 0.309. The van der Waals surface area contributed by atoms with Gasteiger partial charge in [-0.2, -0.15) is 0 Å². The van der Waals surface area contributed by atoms with E-state index in [0.29, 0.717) is 61.9 Å². The van der Waals surface area contributed by atoms with Crippen LogP contribution in [0, 0.1) is 13.8 Å². The first-order valence-corrected chi connectivity index (χ1v) is 12.9. The number of H-pyrrole nitrogens is 2. The molecule has 0 aliphatic heterocycles. The van der Waals surface area contributed by atoms with Crippen LogP contribution < -0.4 is 15.9 Å². The van der Waals surface area contributed by atoms with E-state index in [0.717, 1.165) is 0 Å². The molecule has 7 nitrogen and oxygen atoms in total. The highest BCUT2D eigenvalue weighted by Crippen LogP contribution is 2.37. The number of hydrogen-bond donors (Lipinski definition) is 2. The summed E-state index contributed by atoms with van der Waals surface area (Å²) in [5.41, 5.74) is 3.17. The quantitative estimate of drug-likeness (QED) is 0.256. The molecular weight excluding hydrogens is 523 g/mol. The topological polar surface area (TPSA) is 84.8 Å². The molecule has 0 unspecified atom stereocenters. The van der Waals surface area contributed by atoms with Gasteiger partial charge in [0.1, 0.15) is 5.75 Å². The highest BCUT2D eigenvalue weighted by Gasteiger charge is 2.33. The molecule has 0 spiro atoms. The summed E-state index contributed by atoms with van der Waals surface area (Å²) in [5.74, 6) is -0.147. The largest absolute Gasteiger partial charge is 0.494 e. The Morgan fingerprint density at radius 3 is 1.66 bits per heavy atom. The number of halogens is 2. The molecule has 2 N–H and O–H groups in total. The first-order chi connectivity index (χ1) is 18.3. The third-order valence-corrected chi connectivity index (χ3v) is 7.17. The van der Waals surface area contributed by atoms with Gasteiger partial charge < -0.3 is 4.74 Å². The van der Waals surface area contributed by atoms with Crippen molar-refractivity contribution in [3.8, 4) is 17.1 Å². The Kier molecular flexibility index (Phi) is 7.06. The van der Waals surface area contributed by atoms with Crippen LogP contribution in [0.1, 0.15) is 40.9 Å². The predicted molar refractivity (Wildman–Crippen MR) is 151 cm³/mol. The smallest absolute Gasteiger partial charge is 0.275 e. The van der Waals surface area contributed by atoms with Gasteiger partial charge >= 0.3 is 0 Å². The lowest BCUT2D eigenvalue weighted by Gasteiger charge is -2.19. The average Bonchev–Trinajstić information content (AvgIpc) is 3.36. The van der Waals surface area contributed by atoms with Crippen LogP contribution in [-0.4, -0.2) is 26.2 Å². The summed E-state index contributed by atoms with van der Waals surface area (Å²) in [6.45, 7) is 5.95. The van der Waals surface area contributed by atoms with Crippen molar-refractivity contribution in [1.82, 2.24) is 19.6 Å². The third-order valence-electron chi connectivity index (χ3n) is 6.53. The first-order valence-electron chi connectivity index (χ1n) is 12.2. The molecule has 3 aromatic carbocycles. The molecule has 2 aromatic heterocycles. The second kappa shape index (κ2) is 10.4. The third kappa shape index (κ3) is 4.38. The second-order valence-corrected chi connectivity index (χ2v) is 9.70. The zero-order valence-corrected chi connectivity index (χ0v) is 22.6. The van der Waals surface area contributed by atoms with Crippen molar-refractivity contribution in [3.63, 3.8) is 0 Å². The average molecular weight is 549 g/mol. The summed E-state index contributed by atoms with van der Waals surface area (Å²) in [5, 5.41) is 7.18. The van der Waals surface area contributed by atoms with Gasteiger partial charge in [-0.05, 0) is 51.1 Å². The number of benzene rings is 3. The number of nitrogens with one attached hydrogen (secondary N) is 2. The Morgan fingerprint density at radius 2 is 1.18 bits per heavy atom. The SMILES string of the molecule is CCOc1ccccc1C(c1c(C)[nH]n(-c2ccccc2Cl)c1=O)c1c(C)[nH]n(-c2ccccc2Cl)c1=O. The molecule has 9 heteroatoms. The zero-order valence-electron chi connectivity index (χ0n) is 21.1. The number of aryl methyl sites for hydroxylation is 2. The van der Waals surface area contributed by atoms with E-state index in [4.69, 9.17) is 27.9 Å². The molecule has 2 heterocycles. The van der Waals surface area contributed by atoms with Gasteiger partial charge in [-0.1, -0.05) is 65.7 Å². The highest BCUT2D eigenvalue weighted by atomic mass is 35.5. The number of aromatic nitrogens is 4. The molecule has 0 saturated carbocycles.